The molecule has 98 valence electrons. The van der Waals surface area contributed by atoms with E-state index in [0.29, 0.717) is 5.56 Å². The highest BCUT2D eigenvalue weighted by atomic mass is 19.4. The van der Waals surface area contributed by atoms with E-state index in [0.717, 1.165) is 31.4 Å². The summed E-state index contributed by atoms with van der Waals surface area (Å²) in [6, 6.07) is 5.03. The molecule has 2 nitrogen and oxygen atoms in total. The van der Waals surface area contributed by atoms with Crippen LogP contribution in [-0.4, -0.2) is 5.91 Å². The van der Waals surface area contributed by atoms with Crippen molar-refractivity contribution in [3.63, 3.8) is 0 Å². The van der Waals surface area contributed by atoms with Crippen molar-refractivity contribution in [3.8, 4) is 0 Å². The van der Waals surface area contributed by atoms with Crippen molar-refractivity contribution in [1.82, 2.24) is 5.32 Å². The predicted molar refractivity (Wildman–Crippen MR) is 60.6 cm³/mol. The van der Waals surface area contributed by atoms with E-state index in [1.165, 1.54) is 6.07 Å². The molecule has 0 saturated heterocycles. The van der Waals surface area contributed by atoms with E-state index >= 15 is 0 Å². The Morgan fingerprint density at radius 3 is 2.61 bits per heavy atom. The van der Waals surface area contributed by atoms with Gasteiger partial charge in [0.25, 0.3) is 0 Å². The van der Waals surface area contributed by atoms with Crippen LogP contribution in [0.4, 0.5) is 13.2 Å². The first kappa shape index (κ1) is 12.9. The Hall–Kier alpha value is -1.52. The molecule has 0 atom stereocenters. The Balaban J connectivity index is 1.95. The minimum Gasteiger partial charge on any atom is -0.352 e. The molecule has 1 saturated carbocycles. The normalized spacial score (nSPS) is 16.2. The maximum atomic E-state index is 12.5. The van der Waals surface area contributed by atoms with Crippen molar-refractivity contribution in [2.45, 2.75) is 32.0 Å². The van der Waals surface area contributed by atoms with Crippen LogP contribution in [0.1, 0.15) is 30.4 Å². The van der Waals surface area contributed by atoms with Crippen LogP contribution >= 0.6 is 0 Å². The van der Waals surface area contributed by atoms with Gasteiger partial charge in [0, 0.05) is 12.5 Å². The number of benzene rings is 1. The van der Waals surface area contributed by atoms with E-state index in [9.17, 15) is 18.0 Å². The fourth-order valence-corrected chi connectivity index (χ4v) is 1.86. The molecule has 1 aliphatic carbocycles. The summed E-state index contributed by atoms with van der Waals surface area (Å²) in [4.78, 5) is 11.5. The highest BCUT2D eigenvalue weighted by molar-refractivity contribution is 5.79. The molecule has 0 radical (unpaired) electrons. The van der Waals surface area contributed by atoms with Crippen LogP contribution in [0.2, 0.25) is 0 Å². The molecule has 5 heteroatoms. The molecular formula is C13H14F3NO. The second-order valence-electron chi connectivity index (χ2n) is 4.54. The first-order valence-corrected chi connectivity index (χ1v) is 5.90. The summed E-state index contributed by atoms with van der Waals surface area (Å²) in [6.45, 7) is 0.152. The molecule has 1 aliphatic rings. The van der Waals surface area contributed by atoms with Crippen LogP contribution in [0.15, 0.2) is 24.3 Å². The van der Waals surface area contributed by atoms with E-state index in [4.69, 9.17) is 0 Å². The second-order valence-corrected chi connectivity index (χ2v) is 4.54. The van der Waals surface area contributed by atoms with Gasteiger partial charge in [0.1, 0.15) is 0 Å². The van der Waals surface area contributed by atoms with E-state index in [1.807, 2.05) is 0 Å². The van der Waals surface area contributed by atoms with Crippen LogP contribution in [0.3, 0.4) is 0 Å². The molecule has 1 amide bonds. The smallest absolute Gasteiger partial charge is 0.352 e. The van der Waals surface area contributed by atoms with Gasteiger partial charge in [-0.05, 0) is 30.5 Å². The van der Waals surface area contributed by atoms with Crippen LogP contribution in [0.5, 0.6) is 0 Å². The van der Waals surface area contributed by atoms with Gasteiger partial charge in [0.2, 0.25) is 5.91 Å². The number of rotatable bonds is 3. The highest BCUT2D eigenvalue weighted by Crippen LogP contribution is 2.29. The number of halogens is 3. The number of hydrogen-bond acceptors (Lipinski definition) is 1. The van der Waals surface area contributed by atoms with Crippen molar-refractivity contribution in [2.24, 2.45) is 5.92 Å². The summed E-state index contributed by atoms with van der Waals surface area (Å²) in [7, 11) is 0. The number of carbonyl (C=O) groups is 1. The summed E-state index contributed by atoms with van der Waals surface area (Å²) in [5.41, 5.74) is -0.213. The van der Waals surface area contributed by atoms with Gasteiger partial charge in [-0.2, -0.15) is 13.2 Å². The Morgan fingerprint density at radius 1 is 1.33 bits per heavy atom. The van der Waals surface area contributed by atoms with Crippen molar-refractivity contribution < 1.29 is 18.0 Å². The zero-order chi connectivity index (χ0) is 13.2. The summed E-state index contributed by atoms with van der Waals surface area (Å²) >= 11 is 0. The second kappa shape index (κ2) is 5.00. The van der Waals surface area contributed by atoms with Gasteiger partial charge in [-0.3, -0.25) is 4.79 Å². The lowest BCUT2D eigenvalue weighted by Crippen LogP contribution is -2.34. The van der Waals surface area contributed by atoms with Gasteiger partial charge in [0.05, 0.1) is 5.56 Å². The third-order valence-corrected chi connectivity index (χ3v) is 3.20. The molecule has 1 aromatic rings. The van der Waals surface area contributed by atoms with Crippen molar-refractivity contribution in [1.29, 1.82) is 0 Å². The Morgan fingerprint density at radius 2 is 2.06 bits per heavy atom. The topological polar surface area (TPSA) is 29.1 Å². The molecule has 0 spiro atoms. The quantitative estimate of drug-likeness (QED) is 0.885. The Bertz CT molecular complexity index is 438. The van der Waals surface area contributed by atoms with Gasteiger partial charge in [-0.15, -0.1) is 0 Å². The molecule has 0 aromatic heterocycles. The van der Waals surface area contributed by atoms with Crippen molar-refractivity contribution in [3.05, 3.63) is 35.4 Å². The molecule has 1 N–H and O–H groups in total. The summed E-state index contributed by atoms with van der Waals surface area (Å²) in [5, 5.41) is 2.67. The molecule has 0 heterocycles. The lowest BCUT2D eigenvalue weighted by Gasteiger charge is -2.24. The average molecular weight is 257 g/mol. The molecular weight excluding hydrogens is 243 g/mol. The average Bonchev–Trinajstić information content (AvgIpc) is 2.23. The van der Waals surface area contributed by atoms with E-state index in [-0.39, 0.29) is 18.4 Å². The van der Waals surface area contributed by atoms with Gasteiger partial charge in [-0.1, -0.05) is 18.6 Å². The minimum atomic E-state index is -4.34. The van der Waals surface area contributed by atoms with Crippen molar-refractivity contribution in [2.75, 3.05) is 0 Å². The zero-order valence-electron chi connectivity index (χ0n) is 9.76. The van der Waals surface area contributed by atoms with Gasteiger partial charge in [-0.25, -0.2) is 0 Å². The maximum absolute atomic E-state index is 12.5. The molecule has 0 bridgehead atoms. The van der Waals surface area contributed by atoms with Gasteiger partial charge >= 0.3 is 6.18 Å². The number of carbonyl (C=O) groups excluding carboxylic acids is 1. The standard InChI is InChI=1S/C13H14F3NO/c14-13(15,16)11-6-1-3-9(7-11)8-17-12(18)10-4-2-5-10/h1,3,6-7,10H,2,4-5,8H2,(H,17,18). The molecule has 0 aliphatic heterocycles. The summed E-state index contributed by atoms with van der Waals surface area (Å²) < 4.78 is 37.4. The molecule has 1 aromatic carbocycles. The number of nitrogens with one attached hydrogen (secondary N) is 1. The number of alkyl halides is 3. The molecule has 0 unspecified atom stereocenters. The lowest BCUT2D eigenvalue weighted by atomic mass is 9.85. The van der Waals surface area contributed by atoms with Crippen molar-refractivity contribution >= 4 is 5.91 Å². The zero-order valence-corrected chi connectivity index (χ0v) is 9.76. The molecule has 18 heavy (non-hydrogen) atoms. The Kier molecular flexibility index (Phi) is 3.59. The summed E-state index contributed by atoms with van der Waals surface area (Å²) in [6.07, 6.45) is -1.52. The first-order valence-electron chi connectivity index (χ1n) is 5.90. The largest absolute Gasteiger partial charge is 0.416 e. The van der Waals surface area contributed by atoms with E-state index in [2.05, 4.69) is 5.32 Å². The van der Waals surface area contributed by atoms with Gasteiger partial charge < -0.3 is 5.32 Å². The highest BCUT2D eigenvalue weighted by Gasteiger charge is 2.30. The molecule has 2 rings (SSSR count). The Labute approximate surface area is 103 Å². The maximum Gasteiger partial charge on any atom is 0.416 e. The van der Waals surface area contributed by atoms with Crippen LogP contribution in [0.25, 0.3) is 0 Å². The first-order chi connectivity index (χ1) is 8.47. The lowest BCUT2D eigenvalue weighted by molar-refractivity contribution is -0.137. The monoisotopic (exact) mass is 257 g/mol. The SMILES string of the molecule is O=C(NCc1cccc(C(F)(F)F)c1)C1CCC1. The van der Waals surface area contributed by atoms with E-state index in [1.54, 1.807) is 6.07 Å². The summed E-state index contributed by atoms with van der Waals surface area (Å²) in [5.74, 6) is -0.00513. The molecule has 1 fully saturated rings. The van der Waals surface area contributed by atoms with E-state index < -0.39 is 11.7 Å². The fraction of sp³-hybridized carbons (Fsp3) is 0.462. The fourth-order valence-electron chi connectivity index (χ4n) is 1.86. The van der Waals surface area contributed by atoms with Gasteiger partial charge in [0.15, 0.2) is 0 Å². The predicted octanol–water partition coefficient (Wildman–Crippen LogP) is 3.12. The van der Waals surface area contributed by atoms with Crippen LogP contribution < -0.4 is 5.32 Å². The number of amides is 1. The third kappa shape index (κ3) is 3.03. The minimum absolute atomic E-state index is 0.0517. The van der Waals surface area contributed by atoms with Crippen LogP contribution in [0, 0.1) is 5.92 Å². The van der Waals surface area contributed by atoms with Crippen LogP contribution in [-0.2, 0) is 17.5 Å². The number of hydrogen-bond donors (Lipinski definition) is 1. The third-order valence-electron chi connectivity index (χ3n) is 3.20.